The van der Waals surface area contributed by atoms with Gasteiger partial charge in [0.2, 0.25) is 0 Å². The standard InChI is InChI=1S/C18H15ClFN5O2/c1-11-17(22-18(26)25-23-11)24-21-9-12-4-2-5-13(8-12)27-10-14-15(19)6-3-7-16(14)20/h2-9H,10H2,1H3,(H2,22,24,25,26)/b21-9-. The lowest BCUT2D eigenvalue weighted by Gasteiger charge is -2.09. The molecule has 0 saturated carbocycles. The monoisotopic (exact) mass is 387 g/mol. The van der Waals surface area contributed by atoms with E-state index < -0.39 is 11.5 Å². The fourth-order valence-corrected chi connectivity index (χ4v) is 2.39. The number of ether oxygens (including phenoxy) is 1. The third kappa shape index (κ3) is 4.89. The first-order valence-corrected chi connectivity index (χ1v) is 8.29. The molecule has 7 nitrogen and oxygen atoms in total. The number of benzene rings is 2. The van der Waals surface area contributed by atoms with Crippen molar-refractivity contribution in [3.05, 3.63) is 80.6 Å². The molecule has 9 heteroatoms. The van der Waals surface area contributed by atoms with E-state index in [1.165, 1.54) is 18.3 Å². The van der Waals surface area contributed by atoms with Crippen molar-refractivity contribution in [2.45, 2.75) is 13.5 Å². The largest absolute Gasteiger partial charge is 0.489 e. The van der Waals surface area contributed by atoms with Gasteiger partial charge in [0.15, 0.2) is 5.82 Å². The number of H-pyrrole nitrogens is 1. The minimum absolute atomic E-state index is 0.00588. The van der Waals surface area contributed by atoms with Crippen LogP contribution in [0, 0.1) is 12.7 Å². The first kappa shape index (κ1) is 18.5. The molecular weight excluding hydrogens is 373 g/mol. The summed E-state index contributed by atoms with van der Waals surface area (Å²) in [6.07, 6.45) is 1.53. The Morgan fingerprint density at radius 2 is 2.15 bits per heavy atom. The van der Waals surface area contributed by atoms with E-state index in [-0.39, 0.29) is 12.4 Å². The molecule has 0 bridgehead atoms. The number of nitrogens with zero attached hydrogens (tertiary/aromatic N) is 3. The molecule has 1 aromatic heterocycles. The molecule has 1 heterocycles. The lowest BCUT2D eigenvalue weighted by atomic mass is 10.2. The smallest absolute Gasteiger partial charge is 0.363 e. The second-order valence-electron chi connectivity index (χ2n) is 5.51. The molecule has 0 unspecified atom stereocenters. The van der Waals surface area contributed by atoms with E-state index in [1.54, 1.807) is 31.2 Å². The Morgan fingerprint density at radius 3 is 2.96 bits per heavy atom. The van der Waals surface area contributed by atoms with Crippen molar-refractivity contribution in [1.82, 2.24) is 15.2 Å². The third-order valence-electron chi connectivity index (χ3n) is 3.56. The van der Waals surface area contributed by atoms with E-state index in [1.807, 2.05) is 6.07 Å². The van der Waals surface area contributed by atoms with Crippen LogP contribution in [0.5, 0.6) is 5.75 Å². The second-order valence-corrected chi connectivity index (χ2v) is 5.91. The number of hydrazone groups is 1. The zero-order chi connectivity index (χ0) is 19.2. The lowest BCUT2D eigenvalue weighted by Crippen LogP contribution is -2.15. The lowest BCUT2D eigenvalue weighted by molar-refractivity contribution is 0.300. The number of aryl methyl sites for hydroxylation is 1. The molecule has 0 atom stereocenters. The summed E-state index contributed by atoms with van der Waals surface area (Å²) in [5.41, 5.74) is 3.62. The number of nitrogens with one attached hydrogen (secondary N) is 2. The normalized spacial score (nSPS) is 10.9. The molecule has 0 aliphatic rings. The van der Waals surface area contributed by atoms with Crippen LogP contribution in [-0.2, 0) is 6.61 Å². The zero-order valence-corrected chi connectivity index (χ0v) is 15.0. The van der Waals surface area contributed by atoms with E-state index >= 15 is 0 Å². The molecule has 0 aliphatic heterocycles. The fourth-order valence-electron chi connectivity index (χ4n) is 2.18. The predicted octanol–water partition coefficient (Wildman–Crippen LogP) is 3.29. The van der Waals surface area contributed by atoms with Gasteiger partial charge in [-0.1, -0.05) is 29.8 Å². The number of halogens is 2. The maximum Gasteiger partial charge on any atom is 0.363 e. The van der Waals surface area contributed by atoms with Crippen molar-refractivity contribution < 1.29 is 9.13 Å². The Bertz CT molecular complexity index is 1020. The van der Waals surface area contributed by atoms with E-state index in [0.29, 0.717) is 22.0 Å². The van der Waals surface area contributed by atoms with Crippen molar-refractivity contribution in [2.24, 2.45) is 5.10 Å². The summed E-state index contributed by atoms with van der Waals surface area (Å²) in [5, 5.41) is 10.4. The molecular formula is C18H15ClFN5O2. The van der Waals surface area contributed by atoms with Gasteiger partial charge in [-0.25, -0.2) is 14.3 Å². The van der Waals surface area contributed by atoms with Crippen LogP contribution in [0.15, 0.2) is 52.4 Å². The number of anilines is 1. The molecule has 0 fully saturated rings. The predicted molar refractivity (Wildman–Crippen MR) is 101 cm³/mol. The summed E-state index contributed by atoms with van der Waals surface area (Å²) in [7, 11) is 0. The summed E-state index contributed by atoms with van der Waals surface area (Å²) < 4.78 is 19.4. The number of hydrogen-bond donors (Lipinski definition) is 2. The van der Waals surface area contributed by atoms with Gasteiger partial charge in [0.25, 0.3) is 0 Å². The van der Waals surface area contributed by atoms with Gasteiger partial charge in [-0.2, -0.15) is 15.2 Å². The molecule has 2 aromatic carbocycles. The number of rotatable bonds is 6. The van der Waals surface area contributed by atoms with E-state index in [0.717, 1.165) is 5.56 Å². The van der Waals surface area contributed by atoms with Crippen LogP contribution in [0.3, 0.4) is 0 Å². The molecule has 3 rings (SSSR count). The average molecular weight is 388 g/mol. The summed E-state index contributed by atoms with van der Waals surface area (Å²) >= 11 is 5.99. The van der Waals surface area contributed by atoms with Gasteiger partial charge in [-0.15, -0.1) is 0 Å². The molecule has 0 saturated heterocycles. The van der Waals surface area contributed by atoms with Crippen LogP contribution < -0.4 is 15.9 Å². The molecule has 27 heavy (non-hydrogen) atoms. The SMILES string of the molecule is Cc1n[nH]c(=O)nc1N/N=C\c1cccc(OCc2c(F)cccc2Cl)c1. The highest BCUT2D eigenvalue weighted by atomic mass is 35.5. The molecule has 138 valence electrons. The summed E-state index contributed by atoms with van der Waals surface area (Å²) in [6.45, 7) is 1.69. The van der Waals surface area contributed by atoms with E-state index in [9.17, 15) is 9.18 Å². The minimum atomic E-state index is -0.569. The highest BCUT2D eigenvalue weighted by Crippen LogP contribution is 2.21. The molecule has 0 spiro atoms. The molecule has 0 amide bonds. The maximum absolute atomic E-state index is 13.8. The van der Waals surface area contributed by atoms with Crippen LogP contribution in [0.25, 0.3) is 0 Å². The maximum atomic E-state index is 13.8. The van der Waals surface area contributed by atoms with Gasteiger partial charge < -0.3 is 4.74 Å². The Kier molecular flexibility index (Phi) is 5.77. The topological polar surface area (TPSA) is 92.3 Å². The highest BCUT2D eigenvalue weighted by molar-refractivity contribution is 6.31. The number of hydrogen-bond acceptors (Lipinski definition) is 6. The van der Waals surface area contributed by atoms with Crippen molar-refractivity contribution in [1.29, 1.82) is 0 Å². The van der Waals surface area contributed by atoms with Gasteiger partial charge in [-0.05, 0) is 36.8 Å². The number of aromatic amines is 1. The minimum Gasteiger partial charge on any atom is -0.489 e. The van der Waals surface area contributed by atoms with Crippen molar-refractivity contribution in [2.75, 3.05) is 5.43 Å². The summed E-state index contributed by atoms with van der Waals surface area (Å²) in [6, 6.07) is 11.5. The Balaban J connectivity index is 1.66. The third-order valence-corrected chi connectivity index (χ3v) is 3.92. The summed E-state index contributed by atoms with van der Waals surface area (Å²) in [5.74, 6) is 0.376. The van der Waals surface area contributed by atoms with Crippen LogP contribution in [-0.4, -0.2) is 21.4 Å². The second kappa shape index (κ2) is 8.41. The van der Waals surface area contributed by atoms with Crippen LogP contribution in [0.4, 0.5) is 10.2 Å². The average Bonchev–Trinajstić information content (AvgIpc) is 2.64. The van der Waals surface area contributed by atoms with E-state index in [4.69, 9.17) is 16.3 Å². The van der Waals surface area contributed by atoms with Gasteiger partial charge in [0.05, 0.1) is 11.2 Å². The highest BCUT2D eigenvalue weighted by Gasteiger charge is 2.07. The molecule has 2 N–H and O–H groups in total. The Labute approximate surface area is 158 Å². The first-order valence-electron chi connectivity index (χ1n) is 7.91. The Hall–Kier alpha value is -3.26. The molecule has 0 aliphatic carbocycles. The van der Waals surface area contributed by atoms with Crippen molar-refractivity contribution >= 4 is 23.6 Å². The van der Waals surface area contributed by atoms with Gasteiger partial charge in [0, 0.05) is 5.56 Å². The van der Waals surface area contributed by atoms with Gasteiger partial charge >= 0.3 is 5.69 Å². The summed E-state index contributed by atoms with van der Waals surface area (Å²) in [4.78, 5) is 14.9. The van der Waals surface area contributed by atoms with E-state index in [2.05, 4.69) is 25.7 Å². The van der Waals surface area contributed by atoms with Crippen LogP contribution >= 0.6 is 11.6 Å². The van der Waals surface area contributed by atoms with Crippen molar-refractivity contribution in [3.63, 3.8) is 0 Å². The zero-order valence-electron chi connectivity index (χ0n) is 14.2. The number of aromatic nitrogens is 3. The Morgan fingerprint density at radius 1 is 1.33 bits per heavy atom. The molecule has 0 radical (unpaired) electrons. The van der Waals surface area contributed by atoms with Gasteiger partial charge in [-0.3, -0.25) is 5.43 Å². The quantitative estimate of drug-likeness (QED) is 0.500. The first-order chi connectivity index (χ1) is 13.0. The van der Waals surface area contributed by atoms with Crippen LogP contribution in [0.2, 0.25) is 5.02 Å². The van der Waals surface area contributed by atoms with Crippen LogP contribution in [0.1, 0.15) is 16.8 Å². The van der Waals surface area contributed by atoms with Crippen molar-refractivity contribution in [3.8, 4) is 5.75 Å². The fraction of sp³-hybridized carbons (Fsp3) is 0.111. The molecule has 3 aromatic rings. The van der Waals surface area contributed by atoms with Gasteiger partial charge in [0.1, 0.15) is 23.9 Å².